The second-order valence-corrected chi connectivity index (χ2v) is 5.88. The molecule has 1 aliphatic heterocycles. The Morgan fingerprint density at radius 2 is 2.09 bits per heavy atom. The van der Waals surface area contributed by atoms with Crippen LogP contribution < -0.4 is 4.90 Å². The Bertz CT molecular complexity index is 621. The van der Waals surface area contributed by atoms with Crippen LogP contribution in [0.2, 0.25) is 0 Å². The van der Waals surface area contributed by atoms with Crippen LogP contribution in [0.1, 0.15) is 12.0 Å². The van der Waals surface area contributed by atoms with Crippen molar-refractivity contribution in [3.63, 3.8) is 0 Å². The van der Waals surface area contributed by atoms with E-state index in [2.05, 4.69) is 29.1 Å². The first-order valence-corrected chi connectivity index (χ1v) is 7.71. The molecule has 1 aromatic heterocycles. The molecule has 0 bridgehead atoms. The highest BCUT2D eigenvalue weighted by molar-refractivity contribution is 5.99. The van der Waals surface area contributed by atoms with Crippen LogP contribution in [-0.2, 0) is 11.3 Å². The third-order valence-electron chi connectivity index (χ3n) is 4.30. The van der Waals surface area contributed by atoms with Crippen molar-refractivity contribution in [2.75, 3.05) is 25.0 Å². The molecule has 22 heavy (non-hydrogen) atoms. The summed E-state index contributed by atoms with van der Waals surface area (Å²) in [6.45, 7) is 4.47. The summed E-state index contributed by atoms with van der Waals surface area (Å²) in [6.07, 6.45) is 4.60. The normalized spacial score (nSPS) is 18.4. The van der Waals surface area contributed by atoms with Crippen LogP contribution in [0.5, 0.6) is 0 Å². The highest BCUT2D eigenvalue weighted by Crippen LogP contribution is 2.24. The van der Waals surface area contributed by atoms with Gasteiger partial charge in [0.15, 0.2) is 0 Å². The van der Waals surface area contributed by atoms with Gasteiger partial charge in [0, 0.05) is 31.2 Å². The van der Waals surface area contributed by atoms with Gasteiger partial charge in [0.2, 0.25) is 5.91 Å². The van der Waals surface area contributed by atoms with Crippen molar-refractivity contribution < 1.29 is 4.79 Å². The smallest absolute Gasteiger partial charge is 0.244 e. The standard InChI is InChI=1S/C17H22N4O/c1-14-4-6-15(7-5-14)21-11-8-16(17(21)22)19(2)12-13-20-10-3-9-18-20/h3-7,9-10,16H,8,11-13H2,1-2H3/t16-/m0/s1. The summed E-state index contributed by atoms with van der Waals surface area (Å²) >= 11 is 0. The summed E-state index contributed by atoms with van der Waals surface area (Å²) in [6, 6.07) is 10.0. The number of aryl methyl sites for hydroxylation is 1. The summed E-state index contributed by atoms with van der Waals surface area (Å²) in [5.74, 6) is 0.201. The molecule has 3 rings (SSSR count). The fraction of sp³-hybridized carbons (Fsp3) is 0.412. The van der Waals surface area contributed by atoms with E-state index in [1.807, 2.05) is 41.0 Å². The van der Waals surface area contributed by atoms with Crippen LogP contribution in [0.25, 0.3) is 0 Å². The summed E-state index contributed by atoms with van der Waals surface area (Å²) in [5.41, 5.74) is 2.21. The molecule has 2 aromatic rings. The van der Waals surface area contributed by atoms with Gasteiger partial charge in [0.05, 0.1) is 12.6 Å². The fourth-order valence-corrected chi connectivity index (χ4v) is 2.90. The van der Waals surface area contributed by atoms with Gasteiger partial charge in [-0.15, -0.1) is 0 Å². The van der Waals surface area contributed by atoms with Gasteiger partial charge in [-0.2, -0.15) is 5.10 Å². The predicted molar refractivity (Wildman–Crippen MR) is 86.8 cm³/mol. The van der Waals surface area contributed by atoms with E-state index >= 15 is 0 Å². The Morgan fingerprint density at radius 1 is 1.32 bits per heavy atom. The first-order valence-electron chi connectivity index (χ1n) is 7.71. The molecule has 1 atom stereocenters. The lowest BCUT2D eigenvalue weighted by Gasteiger charge is -2.23. The Kier molecular flexibility index (Phi) is 4.24. The fourth-order valence-electron chi connectivity index (χ4n) is 2.90. The predicted octanol–water partition coefficient (Wildman–Crippen LogP) is 1.93. The van der Waals surface area contributed by atoms with Gasteiger partial charge in [-0.05, 0) is 38.6 Å². The van der Waals surface area contributed by atoms with Crippen molar-refractivity contribution in [1.82, 2.24) is 14.7 Å². The van der Waals surface area contributed by atoms with Crippen molar-refractivity contribution in [2.45, 2.75) is 25.9 Å². The highest BCUT2D eigenvalue weighted by Gasteiger charge is 2.34. The molecule has 5 heteroatoms. The van der Waals surface area contributed by atoms with Gasteiger partial charge in [0.1, 0.15) is 0 Å². The summed E-state index contributed by atoms with van der Waals surface area (Å²) in [5, 5.41) is 4.20. The molecule has 2 heterocycles. The van der Waals surface area contributed by atoms with E-state index in [0.717, 1.165) is 31.7 Å². The molecule has 0 spiro atoms. The highest BCUT2D eigenvalue weighted by atomic mass is 16.2. The Morgan fingerprint density at radius 3 is 2.77 bits per heavy atom. The lowest BCUT2D eigenvalue weighted by Crippen LogP contribution is -2.41. The zero-order valence-corrected chi connectivity index (χ0v) is 13.1. The van der Waals surface area contributed by atoms with E-state index < -0.39 is 0 Å². The molecule has 0 saturated carbocycles. The number of hydrogen-bond donors (Lipinski definition) is 0. The number of nitrogens with zero attached hydrogens (tertiary/aromatic N) is 4. The molecule has 116 valence electrons. The van der Waals surface area contributed by atoms with Gasteiger partial charge in [-0.3, -0.25) is 14.4 Å². The maximum absolute atomic E-state index is 12.7. The third-order valence-corrected chi connectivity index (χ3v) is 4.30. The molecule has 5 nitrogen and oxygen atoms in total. The maximum Gasteiger partial charge on any atom is 0.244 e. The zero-order valence-electron chi connectivity index (χ0n) is 13.1. The lowest BCUT2D eigenvalue weighted by atomic mass is 10.2. The zero-order chi connectivity index (χ0) is 15.5. The second-order valence-electron chi connectivity index (χ2n) is 5.88. The third kappa shape index (κ3) is 3.04. The van der Waals surface area contributed by atoms with Gasteiger partial charge >= 0.3 is 0 Å². The van der Waals surface area contributed by atoms with Crippen LogP contribution in [0, 0.1) is 6.92 Å². The van der Waals surface area contributed by atoms with E-state index in [0.29, 0.717) is 0 Å². The van der Waals surface area contributed by atoms with Crippen LogP contribution >= 0.6 is 0 Å². The molecule has 0 N–H and O–H groups in total. The second kappa shape index (κ2) is 6.32. The van der Waals surface area contributed by atoms with Crippen LogP contribution in [0.4, 0.5) is 5.69 Å². The molecule has 0 unspecified atom stereocenters. The number of aromatic nitrogens is 2. The number of carbonyl (C=O) groups is 1. The van der Waals surface area contributed by atoms with Crippen molar-refractivity contribution in [1.29, 1.82) is 0 Å². The van der Waals surface area contributed by atoms with Gasteiger partial charge in [-0.1, -0.05) is 17.7 Å². The summed E-state index contributed by atoms with van der Waals surface area (Å²) in [7, 11) is 2.02. The molecule has 1 aromatic carbocycles. The number of carbonyl (C=O) groups excluding carboxylic acids is 1. The quantitative estimate of drug-likeness (QED) is 0.847. The molecule has 1 amide bonds. The lowest BCUT2D eigenvalue weighted by molar-refractivity contribution is -0.121. The first kappa shape index (κ1) is 14.8. The summed E-state index contributed by atoms with van der Waals surface area (Å²) < 4.78 is 1.90. The largest absolute Gasteiger partial charge is 0.311 e. The molecule has 1 fully saturated rings. The summed E-state index contributed by atoms with van der Waals surface area (Å²) in [4.78, 5) is 16.7. The van der Waals surface area contributed by atoms with Crippen LogP contribution in [0.3, 0.4) is 0 Å². The number of hydrogen-bond acceptors (Lipinski definition) is 3. The number of amides is 1. The average Bonchev–Trinajstić information content (AvgIpc) is 3.15. The Labute approximate surface area is 131 Å². The minimum Gasteiger partial charge on any atom is -0.311 e. The van der Waals surface area contributed by atoms with Crippen molar-refractivity contribution in [3.05, 3.63) is 48.3 Å². The number of rotatable bonds is 5. The monoisotopic (exact) mass is 298 g/mol. The molecule has 1 saturated heterocycles. The van der Waals surface area contributed by atoms with E-state index in [-0.39, 0.29) is 11.9 Å². The average molecular weight is 298 g/mol. The first-order chi connectivity index (χ1) is 10.6. The van der Waals surface area contributed by atoms with Crippen LogP contribution in [-0.4, -0.2) is 46.8 Å². The van der Waals surface area contributed by atoms with Crippen molar-refractivity contribution in [2.24, 2.45) is 0 Å². The topological polar surface area (TPSA) is 41.4 Å². The van der Waals surface area contributed by atoms with E-state index in [1.54, 1.807) is 6.20 Å². The van der Waals surface area contributed by atoms with E-state index in [4.69, 9.17) is 0 Å². The van der Waals surface area contributed by atoms with E-state index in [9.17, 15) is 4.79 Å². The number of likely N-dealkylation sites (N-methyl/N-ethyl adjacent to an activating group) is 1. The number of benzene rings is 1. The molecular formula is C17H22N4O. The van der Waals surface area contributed by atoms with Gasteiger partial charge < -0.3 is 4.90 Å². The molecule has 0 aliphatic carbocycles. The maximum atomic E-state index is 12.7. The van der Waals surface area contributed by atoms with Crippen molar-refractivity contribution >= 4 is 11.6 Å². The minimum atomic E-state index is -0.0307. The SMILES string of the molecule is Cc1ccc(N2CC[C@H](N(C)CCn3cccn3)C2=O)cc1. The molecule has 1 aliphatic rings. The molecular weight excluding hydrogens is 276 g/mol. The van der Waals surface area contributed by atoms with Crippen LogP contribution in [0.15, 0.2) is 42.7 Å². The molecule has 0 radical (unpaired) electrons. The van der Waals surface area contributed by atoms with E-state index in [1.165, 1.54) is 5.56 Å². The Hall–Kier alpha value is -2.14. The Balaban J connectivity index is 1.61. The van der Waals surface area contributed by atoms with Gasteiger partial charge in [0.25, 0.3) is 0 Å². The van der Waals surface area contributed by atoms with Crippen molar-refractivity contribution in [3.8, 4) is 0 Å². The van der Waals surface area contributed by atoms with Gasteiger partial charge in [-0.25, -0.2) is 0 Å². The number of anilines is 1. The minimum absolute atomic E-state index is 0.0307.